The van der Waals surface area contributed by atoms with Crippen molar-refractivity contribution in [3.05, 3.63) is 71.4 Å². The second-order valence-corrected chi connectivity index (χ2v) is 7.35. The maximum atomic E-state index is 12.4. The molecule has 8 heteroatoms. The van der Waals surface area contributed by atoms with Crippen LogP contribution in [0.15, 0.2) is 60.1 Å². The zero-order chi connectivity index (χ0) is 20.2. The summed E-state index contributed by atoms with van der Waals surface area (Å²) in [6.07, 6.45) is 2.25. The van der Waals surface area contributed by atoms with E-state index in [1.54, 1.807) is 14.2 Å². The molecule has 0 spiro atoms. The van der Waals surface area contributed by atoms with Crippen LogP contribution >= 0.6 is 23.7 Å². The number of carbonyl (C=O) groups excluding carboxylic acids is 1. The highest BCUT2D eigenvalue weighted by Gasteiger charge is 2.14. The minimum Gasteiger partial charge on any atom is -0.493 e. The Balaban J connectivity index is 0.00000256. The number of nitrogens with zero attached hydrogens (tertiary/aromatic N) is 2. The molecule has 2 heterocycles. The quantitative estimate of drug-likeness (QED) is 0.461. The molecule has 30 heavy (non-hydrogen) atoms. The lowest BCUT2D eigenvalue weighted by molar-refractivity contribution is -0.120. The molecule has 0 saturated carbocycles. The molecule has 0 radical (unpaired) electrons. The normalized spacial score (nSPS) is 10.5. The van der Waals surface area contributed by atoms with Gasteiger partial charge in [-0.3, -0.25) is 9.20 Å². The van der Waals surface area contributed by atoms with Crippen LogP contribution in [0.1, 0.15) is 11.3 Å². The maximum Gasteiger partial charge on any atom is 0.226 e. The molecule has 0 bridgehead atoms. The molecule has 4 aromatic rings. The molecule has 0 aliphatic heterocycles. The lowest BCUT2D eigenvalue weighted by atomic mass is 10.1. The summed E-state index contributed by atoms with van der Waals surface area (Å²) in [5.41, 5.74) is 3.74. The van der Waals surface area contributed by atoms with Gasteiger partial charge in [0.15, 0.2) is 16.5 Å². The number of nitrogens with one attached hydrogen (secondary N) is 1. The molecule has 0 atom stereocenters. The molecule has 0 unspecified atom stereocenters. The number of benzene rings is 2. The molecule has 0 fully saturated rings. The van der Waals surface area contributed by atoms with Gasteiger partial charge in [-0.05, 0) is 23.8 Å². The number of imidazole rings is 1. The van der Waals surface area contributed by atoms with Crippen LogP contribution in [0.4, 0.5) is 0 Å². The lowest BCUT2D eigenvalue weighted by Crippen LogP contribution is -2.24. The zero-order valence-corrected chi connectivity index (χ0v) is 18.3. The van der Waals surface area contributed by atoms with E-state index in [9.17, 15) is 4.79 Å². The van der Waals surface area contributed by atoms with Gasteiger partial charge in [0.1, 0.15) is 0 Å². The topological polar surface area (TPSA) is 64.9 Å². The third-order valence-electron chi connectivity index (χ3n) is 4.64. The largest absolute Gasteiger partial charge is 0.493 e. The third-order valence-corrected chi connectivity index (χ3v) is 5.53. The number of ether oxygens (including phenoxy) is 2. The Morgan fingerprint density at radius 1 is 1.10 bits per heavy atom. The van der Waals surface area contributed by atoms with Gasteiger partial charge in [0.05, 0.1) is 26.3 Å². The van der Waals surface area contributed by atoms with Crippen LogP contribution in [0.5, 0.6) is 11.5 Å². The predicted molar refractivity (Wildman–Crippen MR) is 121 cm³/mol. The first kappa shape index (κ1) is 21.7. The number of halogens is 1. The van der Waals surface area contributed by atoms with Crippen LogP contribution in [0, 0.1) is 0 Å². The smallest absolute Gasteiger partial charge is 0.226 e. The van der Waals surface area contributed by atoms with Gasteiger partial charge in [0, 0.05) is 29.4 Å². The minimum absolute atomic E-state index is 0. The summed E-state index contributed by atoms with van der Waals surface area (Å²) in [6.45, 7) is 0.522. The molecule has 1 N–H and O–H groups in total. The van der Waals surface area contributed by atoms with E-state index in [1.807, 2.05) is 64.5 Å². The first-order valence-corrected chi connectivity index (χ1v) is 10.0. The van der Waals surface area contributed by atoms with Crippen molar-refractivity contribution in [2.24, 2.45) is 0 Å². The third kappa shape index (κ3) is 4.58. The van der Waals surface area contributed by atoms with E-state index in [1.165, 1.54) is 11.3 Å². The zero-order valence-electron chi connectivity index (χ0n) is 16.6. The SMILES string of the molecule is COc1ccc(-c2cn3c(CC(=O)NCc4ccccc4)csc3n2)cc1OC.Cl. The predicted octanol–water partition coefficient (Wildman–Crippen LogP) is 4.36. The molecular formula is C22H22ClN3O3S. The van der Waals surface area contributed by atoms with Crippen molar-refractivity contribution in [2.45, 2.75) is 13.0 Å². The fourth-order valence-electron chi connectivity index (χ4n) is 3.11. The number of amides is 1. The van der Waals surface area contributed by atoms with Crippen LogP contribution in [0.2, 0.25) is 0 Å². The number of carbonyl (C=O) groups is 1. The van der Waals surface area contributed by atoms with E-state index in [0.717, 1.165) is 27.5 Å². The lowest BCUT2D eigenvalue weighted by Gasteiger charge is -2.08. The van der Waals surface area contributed by atoms with Gasteiger partial charge >= 0.3 is 0 Å². The van der Waals surface area contributed by atoms with Gasteiger partial charge in [-0.25, -0.2) is 4.98 Å². The molecule has 0 saturated heterocycles. The molecule has 0 aliphatic carbocycles. The maximum absolute atomic E-state index is 12.4. The summed E-state index contributed by atoms with van der Waals surface area (Å²) in [4.78, 5) is 17.9. The summed E-state index contributed by atoms with van der Waals surface area (Å²) in [6, 6.07) is 15.6. The average molecular weight is 444 g/mol. The number of rotatable bonds is 7. The summed E-state index contributed by atoms with van der Waals surface area (Å²) in [5, 5.41) is 4.94. The Morgan fingerprint density at radius 2 is 1.87 bits per heavy atom. The molecule has 1 amide bonds. The fourth-order valence-corrected chi connectivity index (χ4v) is 3.99. The van der Waals surface area contributed by atoms with Gasteiger partial charge < -0.3 is 14.8 Å². The van der Waals surface area contributed by atoms with Gasteiger partial charge in [-0.15, -0.1) is 23.7 Å². The highest BCUT2D eigenvalue weighted by Crippen LogP contribution is 2.32. The van der Waals surface area contributed by atoms with E-state index < -0.39 is 0 Å². The van der Waals surface area contributed by atoms with E-state index in [0.29, 0.717) is 24.5 Å². The van der Waals surface area contributed by atoms with Crippen molar-refractivity contribution < 1.29 is 14.3 Å². The molecule has 156 valence electrons. The molecular weight excluding hydrogens is 422 g/mol. The fraction of sp³-hybridized carbons (Fsp3) is 0.182. The Bertz CT molecular complexity index is 1140. The van der Waals surface area contributed by atoms with Crippen LogP contribution in [0.3, 0.4) is 0 Å². The van der Waals surface area contributed by atoms with Gasteiger partial charge in [0.2, 0.25) is 5.91 Å². The second-order valence-electron chi connectivity index (χ2n) is 6.51. The van der Waals surface area contributed by atoms with Crippen LogP contribution in [-0.4, -0.2) is 29.5 Å². The van der Waals surface area contributed by atoms with E-state index in [-0.39, 0.29) is 18.3 Å². The van der Waals surface area contributed by atoms with Crippen molar-refractivity contribution in [2.75, 3.05) is 14.2 Å². The Labute approximate surface area is 184 Å². The number of aromatic nitrogens is 2. The van der Waals surface area contributed by atoms with Gasteiger partial charge in [-0.2, -0.15) is 0 Å². The van der Waals surface area contributed by atoms with E-state index >= 15 is 0 Å². The number of thiazole rings is 1. The van der Waals surface area contributed by atoms with Crippen LogP contribution in [0.25, 0.3) is 16.2 Å². The summed E-state index contributed by atoms with van der Waals surface area (Å²) < 4.78 is 12.7. The van der Waals surface area contributed by atoms with Crippen molar-refractivity contribution in [3.8, 4) is 22.8 Å². The molecule has 6 nitrogen and oxygen atoms in total. The Kier molecular flexibility index (Phi) is 6.97. The van der Waals surface area contributed by atoms with Crippen molar-refractivity contribution in [1.29, 1.82) is 0 Å². The standard InChI is InChI=1S/C22H21N3O3S.ClH/c1-27-19-9-8-16(10-20(19)28-2)18-13-25-17(14-29-22(25)24-18)11-21(26)23-12-15-6-4-3-5-7-15;/h3-10,13-14H,11-12H2,1-2H3,(H,23,26);1H. The van der Waals surface area contributed by atoms with Crippen LogP contribution < -0.4 is 14.8 Å². The van der Waals surface area contributed by atoms with Gasteiger partial charge in [0.25, 0.3) is 0 Å². The van der Waals surface area contributed by atoms with Crippen molar-refractivity contribution in [1.82, 2.24) is 14.7 Å². The summed E-state index contributed by atoms with van der Waals surface area (Å²) in [7, 11) is 3.22. The second kappa shape index (κ2) is 9.65. The molecule has 4 rings (SSSR count). The average Bonchev–Trinajstić information content (AvgIpc) is 3.34. The highest BCUT2D eigenvalue weighted by atomic mass is 35.5. The Hall–Kier alpha value is -3.03. The summed E-state index contributed by atoms with van der Waals surface area (Å²) in [5.74, 6) is 1.31. The monoisotopic (exact) mass is 443 g/mol. The number of hydrogen-bond acceptors (Lipinski definition) is 5. The van der Waals surface area contributed by atoms with Crippen molar-refractivity contribution in [3.63, 3.8) is 0 Å². The van der Waals surface area contributed by atoms with Crippen molar-refractivity contribution >= 4 is 34.6 Å². The highest BCUT2D eigenvalue weighted by molar-refractivity contribution is 7.15. The van der Waals surface area contributed by atoms with E-state index in [4.69, 9.17) is 9.47 Å². The first-order valence-electron chi connectivity index (χ1n) is 9.16. The van der Waals surface area contributed by atoms with E-state index in [2.05, 4.69) is 10.3 Å². The number of hydrogen-bond donors (Lipinski definition) is 1. The van der Waals surface area contributed by atoms with Gasteiger partial charge in [-0.1, -0.05) is 30.3 Å². The first-order chi connectivity index (χ1) is 14.2. The number of methoxy groups -OCH3 is 2. The minimum atomic E-state index is -0.0186. The Morgan fingerprint density at radius 3 is 2.60 bits per heavy atom. The molecule has 2 aromatic heterocycles. The molecule has 2 aromatic carbocycles. The summed E-state index contributed by atoms with van der Waals surface area (Å²) >= 11 is 1.52. The molecule has 0 aliphatic rings. The number of fused-ring (bicyclic) bond motifs is 1. The van der Waals surface area contributed by atoms with Crippen LogP contribution in [-0.2, 0) is 17.8 Å².